The third-order valence-electron chi connectivity index (χ3n) is 4.33. The summed E-state index contributed by atoms with van der Waals surface area (Å²) in [5.41, 5.74) is 10.4. The minimum Gasteiger partial charge on any atom is -0.405 e. The van der Waals surface area contributed by atoms with Gasteiger partial charge in [-0.05, 0) is 38.6 Å². The Balaban J connectivity index is 0.000000279. The SMILES string of the molecule is CC(C)N=C/C=C\N.NC1=NC2(c3ccc(F)cc3F)COCCC2CS1. The summed E-state index contributed by atoms with van der Waals surface area (Å²) in [6, 6.07) is 3.97. The molecular weight excluding hydrogens is 370 g/mol. The molecule has 0 spiro atoms. The van der Waals surface area contributed by atoms with Crippen LogP contribution in [0.2, 0.25) is 0 Å². The molecule has 1 aromatic rings. The third kappa shape index (κ3) is 5.52. The van der Waals surface area contributed by atoms with Gasteiger partial charge in [-0.3, -0.25) is 4.99 Å². The average Bonchev–Trinajstić information content (AvgIpc) is 2.61. The van der Waals surface area contributed by atoms with Crippen molar-refractivity contribution in [3.8, 4) is 0 Å². The number of aliphatic imine (C=N–C) groups is 2. The van der Waals surface area contributed by atoms with Crippen LogP contribution in [0.15, 0.2) is 40.5 Å². The van der Waals surface area contributed by atoms with E-state index >= 15 is 0 Å². The lowest BCUT2D eigenvalue weighted by Gasteiger charge is -2.43. The zero-order valence-electron chi connectivity index (χ0n) is 15.6. The lowest BCUT2D eigenvalue weighted by Crippen LogP contribution is -2.48. The number of allylic oxidation sites excluding steroid dienone is 1. The predicted molar refractivity (Wildman–Crippen MR) is 108 cm³/mol. The van der Waals surface area contributed by atoms with E-state index in [0.29, 0.717) is 30.0 Å². The number of ether oxygens (including phenoxy) is 1. The van der Waals surface area contributed by atoms with Crippen molar-refractivity contribution in [2.24, 2.45) is 27.4 Å². The third-order valence-corrected chi connectivity index (χ3v) is 5.29. The van der Waals surface area contributed by atoms with Gasteiger partial charge in [-0.15, -0.1) is 0 Å². The first-order chi connectivity index (χ1) is 12.9. The fourth-order valence-electron chi connectivity index (χ4n) is 3.04. The normalized spacial score (nSPS) is 25.2. The number of halogens is 2. The number of thioether (sulfide) groups is 1. The van der Waals surface area contributed by atoms with Crippen LogP contribution in [0, 0.1) is 17.6 Å². The zero-order chi connectivity index (χ0) is 19.9. The van der Waals surface area contributed by atoms with E-state index in [1.165, 1.54) is 30.1 Å². The van der Waals surface area contributed by atoms with E-state index in [-0.39, 0.29) is 5.92 Å². The highest BCUT2D eigenvalue weighted by atomic mass is 32.2. The molecule has 1 saturated heterocycles. The van der Waals surface area contributed by atoms with E-state index in [9.17, 15) is 8.78 Å². The Hall–Kier alpha value is -1.93. The minimum atomic E-state index is -0.800. The van der Waals surface area contributed by atoms with E-state index in [0.717, 1.165) is 18.2 Å². The number of rotatable bonds is 3. The van der Waals surface area contributed by atoms with Crippen molar-refractivity contribution in [2.75, 3.05) is 19.0 Å². The molecule has 0 aromatic heterocycles. The summed E-state index contributed by atoms with van der Waals surface area (Å²) < 4.78 is 32.7. The summed E-state index contributed by atoms with van der Waals surface area (Å²) in [5, 5.41) is 0.436. The van der Waals surface area contributed by atoms with Crippen LogP contribution in [-0.4, -0.2) is 36.4 Å². The summed E-state index contributed by atoms with van der Waals surface area (Å²) in [6.45, 7) is 4.97. The van der Waals surface area contributed by atoms with Crippen molar-refractivity contribution < 1.29 is 13.5 Å². The van der Waals surface area contributed by atoms with E-state index < -0.39 is 17.2 Å². The van der Waals surface area contributed by atoms with E-state index in [4.69, 9.17) is 16.2 Å². The molecule has 8 heteroatoms. The largest absolute Gasteiger partial charge is 0.405 e. The molecule has 148 valence electrons. The number of nitrogens with zero attached hydrogens (tertiary/aromatic N) is 2. The molecule has 2 unspecified atom stereocenters. The smallest absolute Gasteiger partial charge is 0.154 e. The summed E-state index contributed by atoms with van der Waals surface area (Å²) in [4.78, 5) is 8.49. The van der Waals surface area contributed by atoms with Crippen molar-refractivity contribution in [3.63, 3.8) is 0 Å². The molecule has 2 heterocycles. The Kier molecular flexibility index (Phi) is 7.79. The predicted octanol–water partition coefficient (Wildman–Crippen LogP) is 3.20. The number of amidine groups is 1. The molecule has 2 aliphatic heterocycles. The Morgan fingerprint density at radius 2 is 2.19 bits per heavy atom. The summed E-state index contributed by atoms with van der Waals surface area (Å²) >= 11 is 1.48. The van der Waals surface area contributed by atoms with Crippen molar-refractivity contribution in [1.82, 2.24) is 0 Å². The number of hydrogen-bond acceptors (Lipinski definition) is 6. The molecule has 0 radical (unpaired) electrons. The quantitative estimate of drug-likeness (QED) is 0.769. The second-order valence-electron chi connectivity index (χ2n) is 6.62. The fraction of sp³-hybridized carbons (Fsp3) is 0.474. The van der Waals surface area contributed by atoms with Crippen LogP contribution >= 0.6 is 11.8 Å². The van der Waals surface area contributed by atoms with Gasteiger partial charge < -0.3 is 16.2 Å². The molecule has 2 aliphatic rings. The van der Waals surface area contributed by atoms with Gasteiger partial charge in [-0.25, -0.2) is 13.8 Å². The van der Waals surface area contributed by atoms with Gasteiger partial charge in [0.25, 0.3) is 0 Å². The van der Waals surface area contributed by atoms with Crippen LogP contribution in [0.25, 0.3) is 0 Å². The van der Waals surface area contributed by atoms with Crippen molar-refractivity contribution in [1.29, 1.82) is 0 Å². The van der Waals surface area contributed by atoms with Gasteiger partial charge in [0.2, 0.25) is 0 Å². The Labute approximate surface area is 163 Å². The molecular formula is C19H26F2N4OS. The second kappa shape index (κ2) is 9.85. The molecule has 0 saturated carbocycles. The first kappa shape index (κ1) is 21.4. The molecule has 0 aliphatic carbocycles. The van der Waals surface area contributed by atoms with Crippen molar-refractivity contribution >= 4 is 23.1 Å². The van der Waals surface area contributed by atoms with Gasteiger partial charge in [-0.2, -0.15) is 0 Å². The van der Waals surface area contributed by atoms with Crippen LogP contribution in [-0.2, 0) is 10.3 Å². The lowest BCUT2D eigenvalue weighted by molar-refractivity contribution is 0.00297. The number of benzene rings is 1. The highest BCUT2D eigenvalue weighted by molar-refractivity contribution is 8.13. The Bertz CT molecular complexity index is 724. The maximum atomic E-state index is 14.1. The fourth-order valence-corrected chi connectivity index (χ4v) is 4.08. The highest BCUT2D eigenvalue weighted by Crippen LogP contribution is 2.45. The monoisotopic (exact) mass is 396 g/mol. The molecule has 2 atom stereocenters. The van der Waals surface area contributed by atoms with Crippen LogP contribution in [0.3, 0.4) is 0 Å². The van der Waals surface area contributed by atoms with Gasteiger partial charge in [-0.1, -0.05) is 17.8 Å². The zero-order valence-corrected chi connectivity index (χ0v) is 16.4. The minimum absolute atomic E-state index is 0.165. The average molecular weight is 397 g/mol. The van der Waals surface area contributed by atoms with Crippen LogP contribution < -0.4 is 11.5 Å². The summed E-state index contributed by atoms with van der Waals surface area (Å²) in [7, 11) is 0. The summed E-state index contributed by atoms with van der Waals surface area (Å²) in [6.07, 6.45) is 5.68. The molecule has 27 heavy (non-hydrogen) atoms. The number of hydrogen-bond donors (Lipinski definition) is 2. The van der Waals surface area contributed by atoms with Crippen LogP contribution in [0.1, 0.15) is 25.8 Å². The molecule has 0 amide bonds. The maximum absolute atomic E-state index is 14.1. The highest BCUT2D eigenvalue weighted by Gasteiger charge is 2.47. The van der Waals surface area contributed by atoms with Crippen LogP contribution in [0.4, 0.5) is 8.78 Å². The maximum Gasteiger partial charge on any atom is 0.154 e. The first-order valence-corrected chi connectivity index (χ1v) is 9.79. The van der Waals surface area contributed by atoms with Gasteiger partial charge >= 0.3 is 0 Å². The van der Waals surface area contributed by atoms with Crippen molar-refractivity contribution in [2.45, 2.75) is 31.8 Å². The van der Waals surface area contributed by atoms with Gasteiger partial charge in [0.15, 0.2) is 5.17 Å². The van der Waals surface area contributed by atoms with E-state index in [2.05, 4.69) is 9.98 Å². The topological polar surface area (TPSA) is 86.0 Å². The molecule has 3 rings (SSSR count). The summed E-state index contributed by atoms with van der Waals surface area (Å²) in [5.74, 6) is -0.222. The van der Waals surface area contributed by atoms with Crippen LogP contribution in [0.5, 0.6) is 0 Å². The van der Waals surface area contributed by atoms with Gasteiger partial charge in [0, 0.05) is 42.2 Å². The molecule has 1 fully saturated rings. The first-order valence-electron chi connectivity index (χ1n) is 8.80. The van der Waals surface area contributed by atoms with E-state index in [1.807, 2.05) is 13.8 Å². The lowest BCUT2D eigenvalue weighted by atomic mass is 9.76. The molecule has 0 bridgehead atoms. The van der Waals surface area contributed by atoms with E-state index in [1.54, 1.807) is 12.3 Å². The Morgan fingerprint density at radius 1 is 1.41 bits per heavy atom. The molecule has 4 N–H and O–H groups in total. The van der Waals surface area contributed by atoms with Gasteiger partial charge in [0.1, 0.15) is 17.2 Å². The molecule has 1 aromatic carbocycles. The van der Waals surface area contributed by atoms with Crippen molar-refractivity contribution in [3.05, 3.63) is 47.7 Å². The molecule has 5 nitrogen and oxygen atoms in total. The Morgan fingerprint density at radius 3 is 2.85 bits per heavy atom. The van der Waals surface area contributed by atoms with Gasteiger partial charge in [0.05, 0.1) is 6.61 Å². The number of fused-ring (bicyclic) bond motifs is 1. The number of nitrogens with two attached hydrogens (primary N) is 2. The second-order valence-corrected chi connectivity index (χ2v) is 7.66. The standard InChI is InChI=1S/C13H14F2N2OS.C6H12N2/c14-9-1-2-10(11(15)5-9)13-7-18-4-3-8(13)6-19-12(16)17-13;1-6(2)8-5-3-4-7/h1-2,5,8H,3-4,6-7H2,(H2,16,17);3-6H,7H2,1-2H3/b;4-3-,8-5?.